The lowest BCUT2D eigenvalue weighted by molar-refractivity contribution is 0.361. The monoisotopic (exact) mass is 313 g/mol. The number of aliphatic imine (C=N–C) groups is 1. The summed E-state index contributed by atoms with van der Waals surface area (Å²) in [4.78, 5) is 8.85. The summed E-state index contributed by atoms with van der Waals surface area (Å²) in [5.74, 6) is 1.73. The Labute approximate surface area is 136 Å². The van der Waals surface area contributed by atoms with E-state index < -0.39 is 0 Å². The molecule has 23 heavy (non-hydrogen) atoms. The number of rotatable bonds is 5. The van der Waals surface area contributed by atoms with Crippen LogP contribution in [0.5, 0.6) is 0 Å². The van der Waals surface area contributed by atoms with Gasteiger partial charge in [0.2, 0.25) is 11.7 Å². The molecule has 0 amide bonds. The van der Waals surface area contributed by atoms with E-state index in [-0.39, 0.29) is 5.92 Å². The highest BCUT2D eigenvalue weighted by Gasteiger charge is 2.17. The fourth-order valence-corrected chi connectivity index (χ4v) is 2.78. The molecule has 1 unspecified atom stereocenters. The minimum atomic E-state index is 0.0314. The maximum Gasteiger partial charge on any atom is 0.231 e. The molecule has 0 spiro atoms. The predicted molar refractivity (Wildman–Crippen MR) is 90.0 cm³/mol. The van der Waals surface area contributed by atoms with Crippen LogP contribution in [0.1, 0.15) is 44.4 Å². The Bertz CT molecular complexity index is 646. The van der Waals surface area contributed by atoms with Crippen molar-refractivity contribution in [2.75, 3.05) is 6.54 Å². The number of nitrogens with two attached hydrogens (primary N) is 1. The Hall–Kier alpha value is -2.37. The summed E-state index contributed by atoms with van der Waals surface area (Å²) in [6, 6.07) is 10.3. The number of benzene rings is 1. The van der Waals surface area contributed by atoms with Crippen LogP contribution in [0, 0.1) is 0 Å². The van der Waals surface area contributed by atoms with Crippen LogP contribution in [0.4, 0.5) is 0 Å². The fourth-order valence-electron chi connectivity index (χ4n) is 2.78. The normalized spacial score (nSPS) is 17.3. The Morgan fingerprint density at radius 1 is 1.35 bits per heavy atom. The lowest BCUT2D eigenvalue weighted by Gasteiger charge is -2.12. The van der Waals surface area contributed by atoms with Gasteiger partial charge in [-0.2, -0.15) is 4.98 Å². The molecule has 1 saturated carbocycles. The van der Waals surface area contributed by atoms with Gasteiger partial charge in [-0.25, -0.2) is 0 Å². The molecule has 0 radical (unpaired) electrons. The fraction of sp³-hybridized carbons (Fsp3) is 0.471. The van der Waals surface area contributed by atoms with Crippen molar-refractivity contribution < 1.29 is 4.52 Å². The quantitative estimate of drug-likeness (QED) is 0.654. The molecule has 2 aromatic rings. The largest absolute Gasteiger partial charge is 0.370 e. The molecule has 6 heteroatoms. The van der Waals surface area contributed by atoms with Gasteiger partial charge in [-0.05, 0) is 12.8 Å². The Kier molecular flexibility index (Phi) is 4.90. The van der Waals surface area contributed by atoms with E-state index >= 15 is 0 Å². The Morgan fingerprint density at radius 3 is 2.83 bits per heavy atom. The first-order valence-corrected chi connectivity index (χ1v) is 8.18. The van der Waals surface area contributed by atoms with Crippen LogP contribution in [-0.2, 0) is 0 Å². The zero-order valence-electron chi connectivity index (χ0n) is 13.4. The number of guanidine groups is 1. The Balaban J connectivity index is 1.58. The van der Waals surface area contributed by atoms with E-state index in [0.717, 1.165) is 5.56 Å². The van der Waals surface area contributed by atoms with Gasteiger partial charge in [-0.1, -0.05) is 55.3 Å². The number of aromatic nitrogens is 2. The van der Waals surface area contributed by atoms with Gasteiger partial charge in [-0.3, -0.25) is 4.99 Å². The van der Waals surface area contributed by atoms with E-state index in [9.17, 15) is 0 Å². The Morgan fingerprint density at radius 2 is 2.09 bits per heavy atom. The lowest BCUT2D eigenvalue weighted by Crippen LogP contribution is -2.38. The second-order valence-electron chi connectivity index (χ2n) is 6.07. The topological polar surface area (TPSA) is 89.3 Å². The van der Waals surface area contributed by atoms with Crippen molar-refractivity contribution in [3.8, 4) is 11.4 Å². The second kappa shape index (κ2) is 7.26. The third-order valence-electron chi connectivity index (χ3n) is 4.14. The van der Waals surface area contributed by atoms with Gasteiger partial charge in [-0.15, -0.1) is 0 Å². The minimum absolute atomic E-state index is 0.0314. The van der Waals surface area contributed by atoms with E-state index in [1.165, 1.54) is 25.7 Å². The van der Waals surface area contributed by atoms with Gasteiger partial charge >= 0.3 is 0 Å². The van der Waals surface area contributed by atoms with E-state index in [1.54, 1.807) is 0 Å². The summed E-state index contributed by atoms with van der Waals surface area (Å²) < 4.78 is 5.35. The van der Waals surface area contributed by atoms with E-state index in [2.05, 4.69) is 20.4 Å². The van der Waals surface area contributed by atoms with Crippen LogP contribution in [0.25, 0.3) is 11.4 Å². The van der Waals surface area contributed by atoms with Gasteiger partial charge in [0.05, 0.1) is 12.5 Å². The van der Waals surface area contributed by atoms with Crippen LogP contribution < -0.4 is 11.1 Å². The van der Waals surface area contributed by atoms with E-state index in [1.807, 2.05) is 37.3 Å². The van der Waals surface area contributed by atoms with Gasteiger partial charge in [0.15, 0.2) is 5.96 Å². The van der Waals surface area contributed by atoms with Crippen LogP contribution in [-0.4, -0.2) is 28.7 Å². The average molecular weight is 313 g/mol. The van der Waals surface area contributed by atoms with E-state index in [0.29, 0.717) is 30.3 Å². The number of nitrogens with zero attached hydrogens (tertiary/aromatic N) is 3. The molecule has 1 aromatic carbocycles. The van der Waals surface area contributed by atoms with Crippen molar-refractivity contribution >= 4 is 5.96 Å². The first kappa shape index (κ1) is 15.5. The summed E-state index contributed by atoms with van der Waals surface area (Å²) in [6.45, 7) is 2.54. The zero-order valence-corrected chi connectivity index (χ0v) is 13.4. The maximum absolute atomic E-state index is 5.95. The van der Waals surface area contributed by atoms with Gasteiger partial charge in [0.1, 0.15) is 0 Å². The van der Waals surface area contributed by atoms with Crippen molar-refractivity contribution in [2.45, 2.75) is 44.6 Å². The first-order chi connectivity index (χ1) is 11.2. The van der Waals surface area contributed by atoms with Crippen LogP contribution in [0.2, 0.25) is 0 Å². The second-order valence-corrected chi connectivity index (χ2v) is 6.07. The van der Waals surface area contributed by atoms with Crippen molar-refractivity contribution in [2.24, 2.45) is 10.7 Å². The van der Waals surface area contributed by atoms with Gasteiger partial charge in [0, 0.05) is 11.6 Å². The molecular formula is C17H23N5O. The molecular weight excluding hydrogens is 290 g/mol. The lowest BCUT2D eigenvalue weighted by atomic mass is 10.2. The molecule has 1 aliphatic carbocycles. The summed E-state index contributed by atoms with van der Waals surface area (Å²) in [6.07, 6.45) is 4.89. The highest BCUT2D eigenvalue weighted by Crippen LogP contribution is 2.20. The van der Waals surface area contributed by atoms with E-state index in [4.69, 9.17) is 10.3 Å². The first-order valence-electron chi connectivity index (χ1n) is 8.18. The molecule has 0 saturated heterocycles. The molecule has 1 aliphatic rings. The highest BCUT2D eigenvalue weighted by atomic mass is 16.5. The molecule has 122 valence electrons. The number of hydrogen-bond acceptors (Lipinski definition) is 4. The minimum Gasteiger partial charge on any atom is -0.370 e. The molecule has 1 atom stereocenters. The standard InChI is InChI=1S/C17H23N5O/c1-12(11-19-17(18)20-14-9-5-6-10-14)16-21-15(22-23-16)13-7-3-2-4-8-13/h2-4,7-8,12,14H,5-6,9-11H2,1H3,(H3,18,19,20). The maximum atomic E-state index is 5.95. The third-order valence-corrected chi connectivity index (χ3v) is 4.14. The number of hydrogen-bond donors (Lipinski definition) is 2. The van der Waals surface area contributed by atoms with Crippen molar-refractivity contribution in [1.82, 2.24) is 15.5 Å². The van der Waals surface area contributed by atoms with Crippen molar-refractivity contribution in [3.05, 3.63) is 36.2 Å². The van der Waals surface area contributed by atoms with Gasteiger partial charge in [0.25, 0.3) is 0 Å². The molecule has 0 aliphatic heterocycles. The third kappa shape index (κ3) is 4.09. The molecule has 3 rings (SSSR count). The SMILES string of the molecule is CC(CN=C(N)NC1CCCC1)c1nc(-c2ccccc2)no1. The van der Waals surface area contributed by atoms with Crippen molar-refractivity contribution in [3.63, 3.8) is 0 Å². The molecule has 3 N–H and O–H groups in total. The summed E-state index contributed by atoms with van der Waals surface area (Å²) >= 11 is 0. The van der Waals surface area contributed by atoms with Crippen LogP contribution in [0.3, 0.4) is 0 Å². The number of nitrogens with one attached hydrogen (secondary N) is 1. The predicted octanol–water partition coefficient (Wildman–Crippen LogP) is 2.69. The highest BCUT2D eigenvalue weighted by molar-refractivity contribution is 5.78. The van der Waals surface area contributed by atoms with Crippen LogP contribution in [0.15, 0.2) is 39.8 Å². The smallest absolute Gasteiger partial charge is 0.231 e. The molecule has 0 bridgehead atoms. The molecule has 1 fully saturated rings. The molecule has 1 aromatic heterocycles. The summed E-state index contributed by atoms with van der Waals surface area (Å²) in [5.41, 5.74) is 6.89. The molecule has 1 heterocycles. The average Bonchev–Trinajstić information content (AvgIpc) is 3.25. The zero-order chi connectivity index (χ0) is 16.1. The molecule has 6 nitrogen and oxygen atoms in total. The van der Waals surface area contributed by atoms with Crippen LogP contribution >= 0.6 is 0 Å². The summed E-state index contributed by atoms with van der Waals surface area (Å²) in [5, 5.41) is 7.31. The van der Waals surface area contributed by atoms with Crippen molar-refractivity contribution in [1.29, 1.82) is 0 Å². The van der Waals surface area contributed by atoms with Gasteiger partial charge < -0.3 is 15.6 Å². The summed E-state index contributed by atoms with van der Waals surface area (Å²) in [7, 11) is 0.